The van der Waals surface area contributed by atoms with E-state index in [-0.39, 0.29) is 29.6 Å². The first kappa shape index (κ1) is 33.3. The molecule has 4 aromatic rings. The largest absolute Gasteiger partial charge is 0.352 e. The van der Waals surface area contributed by atoms with E-state index < -0.39 is 34.4 Å². The Balaban J connectivity index is 1.83. The Kier molecular flexibility index (Phi) is 11.3. The predicted molar refractivity (Wildman–Crippen MR) is 177 cm³/mol. The number of halogens is 3. The Morgan fingerprint density at radius 2 is 1.34 bits per heavy atom. The van der Waals surface area contributed by atoms with Gasteiger partial charge in [0.25, 0.3) is 10.0 Å². The summed E-state index contributed by atoms with van der Waals surface area (Å²) in [5, 5.41) is 3.94. The van der Waals surface area contributed by atoms with Crippen LogP contribution in [0.4, 0.5) is 5.69 Å². The van der Waals surface area contributed by atoms with Crippen LogP contribution in [0.3, 0.4) is 0 Å². The maximum atomic E-state index is 14.4. The summed E-state index contributed by atoms with van der Waals surface area (Å²) in [5.74, 6) is -1.03. The highest BCUT2D eigenvalue weighted by atomic mass is 35.5. The third-order valence-electron chi connectivity index (χ3n) is 6.82. The van der Waals surface area contributed by atoms with Crippen molar-refractivity contribution in [3.8, 4) is 0 Å². The molecule has 2 amide bonds. The van der Waals surface area contributed by atoms with E-state index in [2.05, 4.69) is 5.32 Å². The zero-order valence-corrected chi connectivity index (χ0v) is 27.2. The molecule has 4 aromatic carbocycles. The van der Waals surface area contributed by atoms with Crippen molar-refractivity contribution in [1.82, 2.24) is 10.2 Å². The smallest absolute Gasteiger partial charge is 0.264 e. The third kappa shape index (κ3) is 8.33. The van der Waals surface area contributed by atoms with Crippen molar-refractivity contribution in [1.29, 1.82) is 0 Å². The van der Waals surface area contributed by atoms with Crippen molar-refractivity contribution in [3.05, 3.63) is 129 Å². The molecule has 1 unspecified atom stereocenters. The minimum Gasteiger partial charge on any atom is -0.352 e. The summed E-state index contributed by atoms with van der Waals surface area (Å²) in [4.78, 5) is 29.6. The van der Waals surface area contributed by atoms with Crippen molar-refractivity contribution >= 4 is 62.3 Å². The molecule has 44 heavy (non-hydrogen) atoms. The lowest BCUT2D eigenvalue weighted by atomic mass is 10.0. The second-order valence-electron chi connectivity index (χ2n) is 10.4. The molecule has 1 N–H and O–H groups in total. The number of carbonyl (C=O) groups excluding carboxylic acids is 2. The fraction of sp³-hybridized carbons (Fsp3) is 0.212. The van der Waals surface area contributed by atoms with Crippen LogP contribution in [0, 0.1) is 0 Å². The first-order valence-electron chi connectivity index (χ1n) is 13.9. The summed E-state index contributed by atoms with van der Waals surface area (Å²) >= 11 is 19.2. The number of sulfonamides is 1. The molecule has 0 aromatic heterocycles. The lowest BCUT2D eigenvalue weighted by Crippen LogP contribution is -2.54. The number of amides is 2. The molecule has 0 aliphatic heterocycles. The molecule has 4 rings (SSSR count). The minimum absolute atomic E-state index is 0.00170. The lowest BCUT2D eigenvalue weighted by Gasteiger charge is -2.34. The van der Waals surface area contributed by atoms with E-state index in [0.717, 1.165) is 9.87 Å². The molecule has 0 spiro atoms. The summed E-state index contributed by atoms with van der Waals surface area (Å²) < 4.78 is 29.0. The Bertz CT molecular complexity index is 1670. The van der Waals surface area contributed by atoms with Crippen molar-refractivity contribution in [2.24, 2.45) is 0 Å². The molecule has 1 atom stereocenters. The van der Waals surface area contributed by atoms with Gasteiger partial charge in [0.05, 0.1) is 10.6 Å². The fourth-order valence-electron chi connectivity index (χ4n) is 4.64. The van der Waals surface area contributed by atoms with E-state index >= 15 is 0 Å². The van der Waals surface area contributed by atoms with E-state index in [1.54, 1.807) is 48.5 Å². The SMILES string of the molecule is CC(C)NC(=O)C(Cc1ccccc1)N(Cc1c(Cl)cccc1Cl)C(=O)CN(c1ccc(Cl)cc1)S(=O)(=O)c1ccccc1. The normalized spacial score (nSPS) is 12.0. The molecule has 11 heteroatoms. The van der Waals surface area contributed by atoms with Gasteiger partial charge in [-0.3, -0.25) is 13.9 Å². The molecule has 0 aliphatic carbocycles. The summed E-state index contributed by atoms with van der Waals surface area (Å²) in [7, 11) is -4.22. The van der Waals surface area contributed by atoms with Crippen LogP contribution >= 0.6 is 34.8 Å². The quantitative estimate of drug-likeness (QED) is 0.176. The molecule has 0 bridgehead atoms. The Morgan fingerprint density at radius 1 is 0.773 bits per heavy atom. The average molecular weight is 673 g/mol. The monoisotopic (exact) mass is 671 g/mol. The van der Waals surface area contributed by atoms with Crippen molar-refractivity contribution in [3.63, 3.8) is 0 Å². The first-order valence-corrected chi connectivity index (χ1v) is 16.4. The summed E-state index contributed by atoms with van der Waals surface area (Å²) in [6.07, 6.45) is 0.166. The van der Waals surface area contributed by atoms with Gasteiger partial charge in [0.1, 0.15) is 12.6 Å². The number of benzene rings is 4. The van der Waals surface area contributed by atoms with Crippen LogP contribution in [-0.4, -0.2) is 43.8 Å². The topological polar surface area (TPSA) is 86.8 Å². The zero-order chi connectivity index (χ0) is 31.9. The van der Waals surface area contributed by atoms with Crippen molar-refractivity contribution < 1.29 is 18.0 Å². The van der Waals surface area contributed by atoms with Crippen LogP contribution in [-0.2, 0) is 32.6 Å². The van der Waals surface area contributed by atoms with Crippen LogP contribution in [0.25, 0.3) is 0 Å². The molecule has 0 fully saturated rings. The second-order valence-corrected chi connectivity index (χ2v) is 13.5. The highest BCUT2D eigenvalue weighted by molar-refractivity contribution is 7.92. The highest BCUT2D eigenvalue weighted by Crippen LogP contribution is 2.29. The second kappa shape index (κ2) is 14.9. The Labute approximate surface area is 273 Å². The predicted octanol–water partition coefficient (Wildman–Crippen LogP) is 7.01. The number of nitrogens with zero attached hydrogens (tertiary/aromatic N) is 2. The lowest BCUT2D eigenvalue weighted by molar-refractivity contribution is -0.140. The Hall–Kier alpha value is -3.56. The van der Waals surface area contributed by atoms with Gasteiger partial charge in [0.2, 0.25) is 11.8 Å². The molecule has 230 valence electrons. The molecular formula is C33H32Cl3N3O4S. The zero-order valence-electron chi connectivity index (χ0n) is 24.2. The average Bonchev–Trinajstić information content (AvgIpc) is 3.00. The highest BCUT2D eigenvalue weighted by Gasteiger charge is 2.35. The summed E-state index contributed by atoms with van der Waals surface area (Å²) in [6.45, 7) is 2.90. The van der Waals surface area contributed by atoms with Gasteiger partial charge in [-0.25, -0.2) is 8.42 Å². The van der Waals surface area contributed by atoms with Gasteiger partial charge >= 0.3 is 0 Å². The number of carbonyl (C=O) groups is 2. The van der Waals surface area contributed by atoms with Gasteiger partial charge in [0, 0.05) is 39.6 Å². The van der Waals surface area contributed by atoms with E-state index in [1.807, 2.05) is 44.2 Å². The Morgan fingerprint density at radius 3 is 1.91 bits per heavy atom. The standard InChI is InChI=1S/C33H32Cl3N3O4S/c1-23(2)37-33(41)31(20-24-10-5-3-6-11-24)38(21-28-29(35)14-9-15-30(28)36)32(40)22-39(26-18-16-25(34)17-19-26)44(42,43)27-12-7-4-8-13-27/h3-19,23,31H,20-22H2,1-2H3,(H,37,41). The first-order chi connectivity index (χ1) is 21.0. The molecule has 0 radical (unpaired) electrons. The van der Waals surface area contributed by atoms with E-state index in [9.17, 15) is 18.0 Å². The van der Waals surface area contributed by atoms with Gasteiger partial charge in [0.15, 0.2) is 0 Å². The number of hydrogen-bond acceptors (Lipinski definition) is 4. The van der Waals surface area contributed by atoms with Crippen LogP contribution in [0.15, 0.2) is 108 Å². The minimum atomic E-state index is -4.22. The summed E-state index contributed by atoms with van der Waals surface area (Å²) in [6, 6.07) is 27.0. The fourth-order valence-corrected chi connectivity index (χ4v) is 6.72. The van der Waals surface area contributed by atoms with E-state index in [0.29, 0.717) is 20.6 Å². The van der Waals surface area contributed by atoms with Crippen LogP contribution < -0.4 is 9.62 Å². The van der Waals surface area contributed by atoms with Crippen LogP contribution in [0.5, 0.6) is 0 Å². The molecule has 0 saturated heterocycles. The number of anilines is 1. The number of hydrogen-bond donors (Lipinski definition) is 1. The van der Waals surface area contributed by atoms with Crippen LogP contribution in [0.1, 0.15) is 25.0 Å². The molecule has 0 saturated carbocycles. The molecular weight excluding hydrogens is 641 g/mol. The van der Waals surface area contributed by atoms with Crippen molar-refractivity contribution in [2.75, 3.05) is 10.8 Å². The maximum absolute atomic E-state index is 14.4. The van der Waals surface area contributed by atoms with Gasteiger partial charge in [-0.2, -0.15) is 0 Å². The van der Waals surface area contributed by atoms with E-state index in [1.165, 1.54) is 29.2 Å². The van der Waals surface area contributed by atoms with E-state index in [4.69, 9.17) is 34.8 Å². The van der Waals surface area contributed by atoms with Crippen molar-refractivity contribution in [2.45, 2.75) is 43.8 Å². The van der Waals surface area contributed by atoms with Gasteiger partial charge in [-0.15, -0.1) is 0 Å². The van der Waals surface area contributed by atoms with Crippen LogP contribution in [0.2, 0.25) is 15.1 Å². The molecule has 0 heterocycles. The maximum Gasteiger partial charge on any atom is 0.264 e. The summed E-state index contributed by atoms with van der Waals surface area (Å²) in [5.41, 5.74) is 1.48. The van der Waals surface area contributed by atoms with Gasteiger partial charge in [-0.1, -0.05) is 89.4 Å². The number of rotatable bonds is 12. The molecule has 0 aliphatic rings. The molecule has 7 nitrogen and oxygen atoms in total. The number of nitrogens with one attached hydrogen (secondary N) is 1. The van der Waals surface area contributed by atoms with Gasteiger partial charge < -0.3 is 10.2 Å². The van der Waals surface area contributed by atoms with Gasteiger partial charge in [-0.05, 0) is 67.9 Å². The third-order valence-corrected chi connectivity index (χ3v) is 9.57.